The summed E-state index contributed by atoms with van der Waals surface area (Å²) in [6, 6.07) is 14.0. The zero-order valence-corrected chi connectivity index (χ0v) is 14.8. The first-order valence-corrected chi connectivity index (χ1v) is 9.03. The van der Waals surface area contributed by atoms with Crippen molar-refractivity contribution in [2.24, 2.45) is 0 Å². The number of amides is 1. The fourth-order valence-electron chi connectivity index (χ4n) is 2.77. The number of hydrogen-bond acceptors (Lipinski definition) is 4. The highest BCUT2D eigenvalue weighted by Gasteiger charge is 2.15. The third kappa shape index (κ3) is 3.15. The van der Waals surface area contributed by atoms with Crippen molar-refractivity contribution >= 4 is 34.5 Å². The number of aromatic nitrogens is 4. The van der Waals surface area contributed by atoms with Gasteiger partial charge in [0, 0.05) is 13.6 Å². The number of rotatable bonds is 5. The van der Waals surface area contributed by atoms with Crippen molar-refractivity contribution in [2.45, 2.75) is 11.7 Å². The minimum Gasteiger partial charge on any atom is -0.341 e. The smallest absolute Gasteiger partial charge is 0.233 e. The number of benzene rings is 2. The molecular weight excluding hydrogens is 353 g/mol. The van der Waals surface area contributed by atoms with Gasteiger partial charge >= 0.3 is 0 Å². The molecule has 0 saturated carbocycles. The Morgan fingerprint density at radius 2 is 2.12 bits per heavy atom. The zero-order valence-electron chi connectivity index (χ0n) is 14.0. The van der Waals surface area contributed by atoms with E-state index < -0.39 is 0 Å². The number of imidazole rings is 1. The van der Waals surface area contributed by atoms with Gasteiger partial charge in [-0.3, -0.25) is 9.20 Å². The van der Waals surface area contributed by atoms with Gasteiger partial charge in [-0.2, -0.15) is 0 Å². The van der Waals surface area contributed by atoms with Crippen LogP contribution in [0.2, 0.25) is 0 Å². The lowest BCUT2D eigenvalue weighted by atomic mass is 10.2. The highest BCUT2D eigenvalue weighted by Crippen LogP contribution is 2.23. The maximum absolute atomic E-state index is 13.3. The average molecular weight is 369 g/mol. The van der Waals surface area contributed by atoms with Crippen molar-refractivity contribution < 1.29 is 9.18 Å². The SMILES string of the molecule is CN(Cc1cccc(F)c1)C(=O)CSc1n[nH]c2nc3ccccc3n12. The lowest BCUT2D eigenvalue weighted by Gasteiger charge is -2.16. The molecule has 2 aromatic carbocycles. The molecule has 26 heavy (non-hydrogen) atoms. The summed E-state index contributed by atoms with van der Waals surface area (Å²) in [5.74, 6) is 0.524. The Hall–Kier alpha value is -2.87. The molecule has 2 heterocycles. The summed E-state index contributed by atoms with van der Waals surface area (Å²) in [4.78, 5) is 18.5. The number of carbonyl (C=O) groups is 1. The lowest BCUT2D eigenvalue weighted by Crippen LogP contribution is -2.27. The van der Waals surface area contributed by atoms with Crippen LogP contribution in [-0.4, -0.2) is 43.2 Å². The van der Waals surface area contributed by atoms with Gasteiger partial charge in [-0.05, 0) is 29.8 Å². The summed E-state index contributed by atoms with van der Waals surface area (Å²) in [5, 5.41) is 7.82. The van der Waals surface area contributed by atoms with Crippen molar-refractivity contribution in [3.05, 3.63) is 59.9 Å². The van der Waals surface area contributed by atoms with Gasteiger partial charge < -0.3 is 4.90 Å². The average Bonchev–Trinajstić information content (AvgIpc) is 3.19. The molecule has 0 aliphatic rings. The van der Waals surface area contributed by atoms with Crippen molar-refractivity contribution in [3.63, 3.8) is 0 Å². The van der Waals surface area contributed by atoms with Crippen LogP contribution in [-0.2, 0) is 11.3 Å². The number of nitrogens with zero attached hydrogens (tertiary/aromatic N) is 4. The summed E-state index contributed by atoms with van der Waals surface area (Å²) in [5.41, 5.74) is 2.57. The number of thioether (sulfide) groups is 1. The van der Waals surface area contributed by atoms with Gasteiger partial charge in [0.05, 0.1) is 16.8 Å². The van der Waals surface area contributed by atoms with Gasteiger partial charge in [0.2, 0.25) is 11.7 Å². The number of hydrogen-bond donors (Lipinski definition) is 1. The highest BCUT2D eigenvalue weighted by atomic mass is 32.2. The number of fused-ring (bicyclic) bond motifs is 3. The van der Waals surface area contributed by atoms with Crippen molar-refractivity contribution in [2.75, 3.05) is 12.8 Å². The van der Waals surface area contributed by atoms with Crippen molar-refractivity contribution in [3.8, 4) is 0 Å². The number of aromatic amines is 1. The standard InChI is InChI=1S/C18H16FN5OS/c1-23(10-12-5-4-6-13(19)9-12)16(25)11-26-18-22-21-17-20-14-7-2-3-8-15(14)24(17)18/h2-9H,10-11H2,1H3,(H,20,21). The largest absolute Gasteiger partial charge is 0.341 e. The first kappa shape index (κ1) is 16.6. The first-order valence-electron chi connectivity index (χ1n) is 8.04. The summed E-state index contributed by atoms with van der Waals surface area (Å²) >= 11 is 1.34. The molecule has 0 spiro atoms. The first-order chi connectivity index (χ1) is 12.6. The molecule has 0 atom stereocenters. The highest BCUT2D eigenvalue weighted by molar-refractivity contribution is 7.99. The summed E-state index contributed by atoms with van der Waals surface area (Å²) in [7, 11) is 1.71. The third-order valence-corrected chi connectivity index (χ3v) is 4.99. The number of nitrogens with one attached hydrogen (secondary N) is 1. The van der Waals surface area contributed by atoms with E-state index in [9.17, 15) is 9.18 Å². The molecule has 0 bridgehead atoms. The van der Waals surface area contributed by atoms with E-state index >= 15 is 0 Å². The molecule has 4 aromatic rings. The molecule has 0 radical (unpaired) electrons. The van der Waals surface area contributed by atoms with Crippen LogP contribution in [0.4, 0.5) is 4.39 Å². The molecule has 4 rings (SSSR count). The van der Waals surface area contributed by atoms with E-state index in [0.29, 0.717) is 17.5 Å². The number of carbonyl (C=O) groups excluding carboxylic acids is 1. The van der Waals surface area contributed by atoms with Crippen LogP contribution in [0.5, 0.6) is 0 Å². The Kier molecular flexibility index (Phi) is 4.34. The topological polar surface area (TPSA) is 66.3 Å². The monoisotopic (exact) mass is 369 g/mol. The maximum Gasteiger partial charge on any atom is 0.233 e. The molecule has 6 nitrogen and oxygen atoms in total. The van der Waals surface area contributed by atoms with Crippen LogP contribution in [0.25, 0.3) is 16.8 Å². The minimum atomic E-state index is -0.302. The predicted octanol–water partition coefficient (Wildman–Crippen LogP) is 3.10. The molecule has 0 aliphatic carbocycles. The molecule has 0 unspecified atom stereocenters. The van der Waals surface area contributed by atoms with E-state index in [2.05, 4.69) is 15.2 Å². The fraction of sp³-hybridized carbons (Fsp3) is 0.167. The third-order valence-electron chi connectivity index (χ3n) is 4.06. The molecule has 1 amide bonds. The van der Waals surface area contributed by atoms with E-state index in [1.54, 1.807) is 24.1 Å². The van der Waals surface area contributed by atoms with Gasteiger partial charge in [0.15, 0.2) is 5.16 Å². The van der Waals surface area contributed by atoms with Crippen LogP contribution < -0.4 is 0 Å². The molecule has 132 valence electrons. The Morgan fingerprint density at radius 3 is 2.96 bits per heavy atom. The number of para-hydroxylation sites is 2. The second-order valence-corrected chi connectivity index (χ2v) is 6.88. The van der Waals surface area contributed by atoms with Crippen LogP contribution in [0, 0.1) is 5.82 Å². The molecule has 2 aromatic heterocycles. The van der Waals surface area contributed by atoms with E-state index in [1.807, 2.05) is 28.7 Å². The van der Waals surface area contributed by atoms with Gasteiger partial charge in [-0.25, -0.2) is 14.5 Å². The Balaban J connectivity index is 1.46. The van der Waals surface area contributed by atoms with E-state index in [0.717, 1.165) is 16.6 Å². The quantitative estimate of drug-likeness (QED) is 0.549. The predicted molar refractivity (Wildman–Crippen MR) is 98.4 cm³/mol. The van der Waals surface area contributed by atoms with Crippen molar-refractivity contribution in [1.29, 1.82) is 0 Å². The molecule has 0 saturated heterocycles. The molecule has 0 fully saturated rings. The fourth-order valence-corrected chi connectivity index (χ4v) is 3.67. The van der Waals surface area contributed by atoms with E-state index in [-0.39, 0.29) is 17.5 Å². The molecular formula is C18H16FN5OS. The van der Waals surface area contributed by atoms with Gasteiger partial charge in [0.25, 0.3) is 0 Å². The molecule has 1 N–H and O–H groups in total. The van der Waals surface area contributed by atoms with E-state index in [4.69, 9.17) is 0 Å². The second-order valence-electron chi connectivity index (χ2n) is 5.93. The summed E-state index contributed by atoms with van der Waals surface area (Å²) < 4.78 is 15.2. The Bertz CT molecular complexity index is 1090. The summed E-state index contributed by atoms with van der Waals surface area (Å²) in [6.45, 7) is 0.362. The molecule has 8 heteroatoms. The zero-order chi connectivity index (χ0) is 18.1. The van der Waals surface area contributed by atoms with Crippen LogP contribution in [0.1, 0.15) is 5.56 Å². The summed E-state index contributed by atoms with van der Waals surface area (Å²) in [6.07, 6.45) is 0. The van der Waals surface area contributed by atoms with Crippen LogP contribution >= 0.6 is 11.8 Å². The van der Waals surface area contributed by atoms with Gasteiger partial charge in [0.1, 0.15) is 5.82 Å². The minimum absolute atomic E-state index is 0.0557. The van der Waals surface area contributed by atoms with Gasteiger partial charge in [-0.1, -0.05) is 36.0 Å². The Morgan fingerprint density at radius 1 is 1.27 bits per heavy atom. The van der Waals surface area contributed by atoms with Crippen LogP contribution in [0.15, 0.2) is 53.7 Å². The molecule has 0 aliphatic heterocycles. The lowest BCUT2D eigenvalue weighted by molar-refractivity contribution is -0.127. The van der Waals surface area contributed by atoms with Crippen LogP contribution in [0.3, 0.4) is 0 Å². The second kappa shape index (κ2) is 6.80. The van der Waals surface area contributed by atoms with Crippen molar-refractivity contribution in [1.82, 2.24) is 24.5 Å². The van der Waals surface area contributed by atoms with E-state index in [1.165, 1.54) is 23.9 Å². The Labute approximate surface area is 153 Å². The number of H-pyrrole nitrogens is 1. The van der Waals surface area contributed by atoms with Gasteiger partial charge in [-0.15, -0.1) is 5.10 Å². The normalized spacial score (nSPS) is 11.3. The maximum atomic E-state index is 13.3. The number of halogens is 1.